The number of carbonyl (C=O) groups excluding carboxylic acids is 1. The molecule has 3 rings (SSSR count). The Bertz CT molecular complexity index is 1080. The first-order valence-electron chi connectivity index (χ1n) is 10.5. The van der Waals surface area contributed by atoms with E-state index in [0.717, 1.165) is 6.07 Å². The van der Waals surface area contributed by atoms with Crippen LogP contribution in [-0.2, 0) is 10.9 Å². The molecular weight excluding hydrogens is 489 g/mol. The van der Waals surface area contributed by atoms with E-state index in [9.17, 15) is 18.0 Å². The number of carbonyl (C=O) groups is 1. The van der Waals surface area contributed by atoms with Crippen molar-refractivity contribution in [3.05, 3.63) is 47.0 Å². The van der Waals surface area contributed by atoms with Crippen molar-refractivity contribution in [3.8, 4) is 16.9 Å². The van der Waals surface area contributed by atoms with Crippen LogP contribution in [0.3, 0.4) is 0 Å². The number of alkyl halides is 3. The van der Waals surface area contributed by atoms with Crippen LogP contribution in [-0.4, -0.2) is 47.9 Å². The molecule has 1 amide bonds. The minimum Gasteiger partial charge on any atom is -0.493 e. The molecule has 10 heteroatoms. The topological polar surface area (TPSA) is 51.1 Å². The number of likely N-dealkylation sites (tertiary alicyclic amines) is 1. The van der Waals surface area contributed by atoms with Gasteiger partial charge in [-0.25, -0.2) is 4.79 Å². The minimum atomic E-state index is -4.62. The number of rotatable bonds is 6. The molecule has 1 fully saturated rings. The molecule has 1 aliphatic rings. The molecule has 0 saturated carbocycles. The summed E-state index contributed by atoms with van der Waals surface area (Å²) in [4.78, 5) is 17.5. The molecule has 0 radical (unpaired) electrons. The zero-order valence-electron chi connectivity index (χ0n) is 18.9. The van der Waals surface area contributed by atoms with Crippen LogP contribution in [0.25, 0.3) is 11.1 Å². The molecule has 0 aliphatic carbocycles. The summed E-state index contributed by atoms with van der Waals surface area (Å²) in [6.45, 7) is 6.85. The van der Waals surface area contributed by atoms with Crippen LogP contribution in [0.15, 0.2) is 41.4 Å². The van der Waals surface area contributed by atoms with Gasteiger partial charge in [0.15, 0.2) is 0 Å². The lowest BCUT2D eigenvalue weighted by Crippen LogP contribution is -2.53. The summed E-state index contributed by atoms with van der Waals surface area (Å²) in [7, 11) is 0. The number of halogens is 4. The van der Waals surface area contributed by atoms with Gasteiger partial charge in [0.2, 0.25) is 0 Å². The Morgan fingerprint density at radius 2 is 1.85 bits per heavy atom. The van der Waals surface area contributed by atoms with Crippen LogP contribution in [0.4, 0.5) is 23.7 Å². The highest BCUT2D eigenvalue weighted by Crippen LogP contribution is 2.43. The minimum absolute atomic E-state index is 0.0584. The van der Waals surface area contributed by atoms with Crippen molar-refractivity contribution in [1.82, 2.24) is 4.90 Å². The number of aliphatic imine (C=N–C) groups is 1. The molecule has 0 bridgehead atoms. The summed E-state index contributed by atoms with van der Waals surface area (Å²) in [5.74, 6) is 0.658. The Kier molecular flexibility index (Phi) is 7.88. The fourth-order valence-corrected chi connectivity index (χ4v) is 3.77. The molecule has 0 spiro atoms. The molecule has 0 N–H and O–H groups in total. The fourth-order valence-electron chi connectivity index (χ4n) is 3.38. The van der Waals surface area contributed by atoms with Gasteiger partial charge in [0.25, 0.3) is 0 Å². The lowest BCUT2D eigenvalue weighted by atomic mass is 9.98. The van der Waals surface area contributed by atoms with E-state index in [1.165, 1.54) is 29.8 Å². The Hall–Kier alpha value is -2.65. The Labute approximate surface area is 206 Å². The van der Waals surface area contributed by atoms with Crippen LogP contribution in [0.5, 0.6) is 5.75 Å². The predicted octanol–water partition coefficient (Wildman–Crippen LogP) is 6.97. The zero-order valence-corrected chi connectivity index (χ0v) is 20.4. The normalized spacial score (nSPS) is 14.7. The molecule has 182 valence electrons. The molecule has 0 unspecified atom stereocenters. The summed E-state index contributed by atoms with van der Waals surface area (Å²) in [6.07, 6.45) is -3.76. The van der Waals surface area contributed by atoms with Gasteiger partial charge in [-0.05, 0) is 50.6 Å². The third-order valence-corrected chi connectivity index (χ3v) is 5.32. The maximum Gasteiger partial charge on any atom is 0.417 e. The second-order valence-corrected chi connectivity index (χ2v) is 9.53. The van der Waals surface area contributed by atoms with Crippen LogP contribution in [0.2, 0.25) is 5.02 Å². The van der Waals surface area contributed by atoms with E-state index in [-0.39, 0.29) is 28.3 Å². The Morgan fingerprint density at radius 1 is 1.21 bits per heavy atom. The van der Waals surface area contributed by atoms with Crippen LogP contribution >= 0.6 is 23.8 Å². The van der Waals surface area contributed by atoms with Crippen molar-refractivity contribution in [1.29, 1.82) is 0 Å². The first-order valence-corrected chi connectivity index (χ1v) is 11.3. The van der Waals surface area contributed by atoms with E-state index in [2.05, 4.69) is 17.2 Å². The molecular formula is C24H24ClF3N2O3S. The first-order chi connectivity index (χ1) is 15.9. The second-order valence-electron chi connectivity index (χ2n) is 8.85. The average Bonchev–Trinajstić information content (AvgIpc) is 2.69. The standard InChI is InChI=1S/C24H24ClF3N2O3S/c1-23(2,3)33-22(31)30-12-15(13-30)14-32-18-6-4-16(5-7-18)21-19(24(26,27)28)10-17(11-20(21)25)29-8-9-34/h4-11,15H,12-14H2,1-3H3. The predicted molar refractivity (Wildman–Crippen MR) is 130 cm³/mol. The highest BCUT2D eigenvalue weighted by molar-refractivity contribution is 7.80. The van der Waals surface area contributed by atoms with Crippen molar-refractivity contribution in [2.45, 2.75) is 32.5 Å². The maximum absolute atomic E-state index is 13.7. The van der Waals surface area contributed by atoms with Crippen molar-refractivity contribution in [3.63, 3.8) is 0 Å². The van der Waals surface area contributed by atoms with Gasteiger partial charge < -0.3 is 14.4 Å². The lowest BCUT2D eigenvalue weighted by molar-refractivity contribution is -0.137. The summed E-state index contributed by atoms with van der Waals surface area (Å²) >= 11 is 10.8. The van der Waals surface area contributed by atoms with Crippen LogP contribution in [0.1, 0.15) is 26.3 Å². The van der Waals surface area contributed by atoms with Gasteiger partial charge in [0.1, 0.15) is 11.4 Å². The van der Waals surface area contributed by atoms with E-state index in [4.69, 9.17) is 21.1 Å². The van der Waals surface area contributed by atoms with Crippen molar-refractivity contribution in [2.75, 3.05) is 19.7 Å². The van der Waals surface area contributed by atoms with E-state index < -0.39 is 17.3 Å². The summed E-state index contributed by atoms with van der Waals surface area (Å²) in [6, 6.07) is 8.54. The summed E-state index contributed by atoms with van der Waals surface area (Å²) in [5.41, 5.74) is -1.21. The average molecular weight is 513 g/mol. The third kappa shape index (κ3) is 6.70. The van der Waals surface area contributed by atoms with Crippen LogP contribution in [0, 0.1) is 5.92 Å². The molecule has 34 heavy (non-hydrogen) atoms. The van der Waals surface area contributed by atoms with E-state index in [0.29, 0.717) is 31.0 Å². The molecule has 5 nitrogen and oxygen atoms in total. The highest BCUT2D eigenvalue weighted by Gasteiger charge is 2.36. The van der Waals surface area contributed by atoms with Gasteiger partial charge in [0.05, 0.1) is 22.9 Å². The first kappa shape index (κ1) is 26.0. The second kappa shape index (κ2) is 10.3. The number of hydrogen-bond acceptors (Lipinski definition) is 5. The molecule has 1 aliphatic heterocycles. The number of amides is 1. The zero-order chi connectivity index (χ0) is 25.1. The number of ether oxygens (including phenoxy) is 2. The van der Waals surface area contributed by atoms with Crippen molar-refractivity contribution in [2.24, 2.45) is 10.9 Å². The quantitative estimate of drug-likeness (QED) is 0.310. The van der Waals surface area contributed by atoms with Gasteiger partial charge in [-0.15, -0.1) is 0 Å². The van der Waals surface area contributed by atoms with Gasteiger partial charge in [-0.1, -0.05) is 36.0 Å². The van der Waals surface area contributed by atoms with Crippen molar-refractivity contribution >= 4 is 47.2 Å². The monoisotopic (exact) mass is 512 g/mol. The smallest absolute Gasteiger partial charge is 0.417 e. The Balaban J connectivity index is 1.67. The SMILES string of the molecule is CC(C)(C)OC(=O)N1CC(COc2ccc(-c3c(Cl)cc(N=CC=S)cc3C(F)(F)F)cc2)C1. The summed E-state index contributed by atoms with van der Waals surface area (Å²) in [5, 5.41) is 1.13. The molecule has 0 aromatic heterocycles. The van der Waals surface area contributed by atoms with Crippen LogP contribution < -0.4 is 4.74 Å². The van der Waals surface area contributed by atoms with Gasteiger partial charge >= 0.3 is 12.3 Å². The summed E-state index contributed by atoms with van der Waals surface area (Å²) < 4.78 is 52.3. The highest BCUT2D eigenvalue weighted by atomic mass is 35.5. The number of nitrogens with zero attached hydrogens (tertiary/aromatic N) is 2. The molecule has 0 atom stereocenters. The number of hydrogen-bond donors (Lipinski definition) is 0. The Morgan fingerprint density at radius 3 is 2.41 bits per heavy atom. The van der Waals surface area contributed by atoms with Crippen molar-refractivity contribution < 1.29 is 27.4 Å². The van der Waals surface area contributed by atoms with E-state index in [1.54, 1.807) is 17.0 Å². The van der Waals surface area contributed by atoms with E-state index in [1.807, 2.05) is 20.8 Å². The number of benzene rings is 2. The van der Waals surface area contributed by atoms with E-state index >= 15 is 0 Å². The fraction of sp³-hybridized carbons (Fsp3) is 0.375. The lowest BCUT2D eigenvalue weighted by Gasteiger charge is -2.39. The number of thiocarbonyl (C=S) groups is 1. The molecule has 1 heterocycles. The third-order valence-electron chi connectivity index (χ3n) is 4.90. The molecule has 2 aromatic carbocycles. The van der Waals surface area contributed by atoms with Gasteiger partial charge in [-0.2, -0.15) is 13.2 Å². The largest absolute Gasteiger partial charge is 0.493 e. The molecule has 1 saturated heterocycles. The van der Waals surface area contributed by atoms with Gasteiger partial charge in [-0.3, -0.25) is 4.99 Å². The van der Waals surface area contributed by atoms with Gasteiger partial charge in [0, 0.05) is 36.2 Å². The maximum atomic E-state index is 13.7. The molecule has 2 aromatic rings.